The van der Waals surface area contributed by atoms with E-state index in [1.54, 1.807) is 0 Å². The summed E-state index contributed by atoms with van der Waals surface area (Å²) >= 11 is 0.100. The molecule has 0 heterocycles. The Morgan fingerprint density at radius 3 is 2.35 bits per heavy atom. The van der Waals surface area contributed by atoms with Crippen molar-refractivity contribution in [3.63, 3.8) is 0 Å². The van der Waals surface area contributed by atoms with E-state index in [1.165, 1.54) is 0 Å². The first-order valence-corrected chi connectivity index (χ1v) is 7.25. The maximum Gasteiger partial charge on any atom is 0.441 e. The summed E-state index contributed by atoms with van der Waals surface area (Å²) in [6.07, 6.45) is 2.69. The first-order valence-electron chi connectivity index (χ1n) is 6.26. The molecule has 0 amide bonds. The van der Waals surface area contributed by atoms with Crippen LogP contribution >= 0.6 is 11.8 Å². The van der Waals surface area contributed by atoms with Gasteiger partial charge in [0.1, 0.15) is 0 Å². The molecule has 0 bridgehead atoms. The molecule has 5 heteroatoms. The molecular formula is C12H24F3NS. The van der Waals surface area contributed by atoms with Crippen molar-refractivity contribution in [1.82, 2.24) is 5.32 Å². The number of rotatable bonds is 9. The predicted molar refractivity (Wildman–Crippen MR) is 69.2 cm³/mol. The van der Waals surface area contributed by atoms with E-state index < -0.39 is 5.51 Å². The normalized spacial score (nSPS) is 14.3. The maximum absolute atomic E-state index is 12.0. The van der Waals surface area contributed by atoms with Crippen LogP contribution in [0.2, 0.25) is 0 Å². The van der Waals surface area contributed by atoms with E-state index in [-0.39, 0.29) is 17.5 Å². The van der Waals surface area contributed by atoms with Crippen molar-refractivity contribution >= 4 is 11.8 Å². The number of nitrogens with one attached hydrogen (secondary N) is 1. The summed E-state index contributed by atoms with van der Waals surface area (Å²) in [5, 5.41) is 3.30. The van der Waals surface area contributed by atoms with E-state index in [9.17, 15) is 13.2 Å². The van der Waals surface area contributed by atoms with E-state index in [0.29, 0.717) is 18.3 Å². The molecule has 0 aliphatic rings. The zero-order valence-electron chi connectivity index (χ0n) is 10.9. The number of halogens is 3. The fourth-order valence-electron chi connectivity index (χ4n) is 1.79. The van der Waals surface area contributed by atoms with Crippen LogP contribution in [0.25, 0.3) is 0 Å². The smallest absolute Gasteiger partial charge is 0.316 e. The van der Waals surface area contributed by atoms with Gasteiger partial charge in [-0.05, 0) is 44.2 Å². The highest BCUT2D eigenvalue weighted by molar-refractivity contribution is 8.00. The van der Waals surface area contributed by atoms with Crippen LogP contribution in [0.4, 0.5) is 13.2 Å². The van der Waals surface area contributed by atoms with Crippen molar-refractivity contribution < 1.29 is 13.2 Å². The third-order valence-electron chi connectivity index (χ3n) is 2.46. The van der Waals surface area contributed by atoms with Crippen molar-refractivity contribution in [2.24, 2.45) is 11.8 Å². The lowest BCUT2D eigenvalue weighted by molar-refractivity contribution is -0.0328. The second-order valence-electron chi connectivity index (χ2n) is 4.78. The molecule has 0 fully saturated rings. The van der Waals surface area contributed by atoms with Gasteiger partial charge in [-0.1, -0.05) is 32.5 Å². The van der Waals surface area contributed by atoms with E-state index in [4.69, 9.17) is 0 Å². The van der Waals surface area contributed by atoms with Gasteiger partial charge in [-0.2, -0.15) is 13.2 Å². The summed E-state index contributed by atoms with van der Waals surface area (Å²) in [7, 11) is 0. The van der Waals surface area contributed by atoms with Crippen molar-refractivity contribution in [2.75, 3.05) is 18.8 Å². The molecule has 0 saturated heterocycles. The van der Waals surface area contributed by atoms with Crippen LogP contribution in [-0.4, -0.2) is 24.4 Å². The molecule has 0 spiro atoms. The van der Waals surface area contributed by atoms with Gasteiger partial charge in [0, 0.05) is 5.75 Å². The fraction of sp³-hybridized carbons (Fsp3) is 1.00. The molecule has 0 aliphatic carbocycles. The van der Waals surface area contributed by atoms with E-state index in [1.807, 2.05) is 0 Å². The molecule has 0 aromatic rings. The minimum Gasteiger partial charge on any atom is -0.316 e. The van der Waals surface area contributed by atoms with Gasteiger partial charge in [0.15, 0.2) is 0 Å². The van der Waals surface area contributed by atoms with Crippen molar-refractivity contribution in [3.05, 3.63) is 0 Å². The SMILES string of the molecule is CCCNCC(CCSC(F)(F)F)CC(C)C. The number of hydrogen-bond donors (Lipinski definition) is 1. The van der Waals surface area contributed by atoms with Gasteiger partial charge in [-0.25, -0.2) is 0 Å². The average molecular weight is 271 g/mol. The highest BCUT2D eigenvalue weighted by Gasteiger charge is 2.28. The van der Waals surface area contributed by atoms with Crippen molar-refractivity contribution in [1.29, 1.82) is 0 Å². The Labute approximate surface area is 107 Å². The third-order valence-corrected chi connectivity index (χ3v) is 3.22. The van der Waals surface area contributed by atoms with Crippen LogP contribution in [0.3, 0.4) is 0 Å². The first-order chi connectivity index (χ1) is 7.85. The van der Waals surface area contributed by atoms with Crippen LogP contribution in [0.1, 0.15) is 40.0 Å². The van der Waals surface area contributed by atoms with Crippen molar-refractivity contribution in [3.8, 4) is 0 Å². The zero-order valence-corrected chi connectivity index (χ0v) is 11.8. The van der Waals surface area contributed by atoms with Gasteiger partial charge in [0.05, 0.1) is 0 Å². The Morgan fingerprint density at radius 2 is 1.88 bits per heavy atom. The summed E-state index contributed by atoms with van der Waals surface area (Å²) in [4.78, 5) is 0. The number of hydrogen-bond acceptors (Lipinski definition) is 2. The number of alkyl halides is 3. The molecule has 1 N–H and O–H groups in total. The van der Waals surface area contributed by atoms with Crippen LogP contribution in [-0.2, 0) is 0 Å². The zero-order chi connectivity index (χ0) is 13.3. The molecule has 1 atom stereocenters. The predicted octanol–water partition coefficient (Wildman–Crippen LogP) is 4.29. The van der Waals surface area contributed by atoms with E-state index in [2.05, 4.69) is 26.1 Å². The lowest BCUT2D eigenvalue weighted by Gasteiger charge is -2.19. The highest BCUT2D eigenvalue weighted by atomic mass is 32.2. The highest BCUT2D eigenvalue weighted by Crippen LogP contribution is 2.31. The van der Waals surface area contributed by atoms with Crippen LogP contribution in [0.5, 0.6) is 0 Å². The Hall–Kier alpha value is 0.100. The van der Waals surface area contributed by atoms with E-state index >= 15 is 0 Å². The monoisotopic (exact) mass is 271 g/mol. The van der Waals surface area contributed by atoms with Gasteiger partial charge >= 0.3 is 5.51 Å². The molecular weight excluding hydrogens is 247 g/mol. The molecule has 0 saturated carbocycles. The summed E-state index contributed by atoms with van der Waals surface area (Å²) < 4.78 is 36.1. The lowest BCUT2D eigenvalue weighted by Crippen LogP contribution is -2.25. The molecule has 0 aromatic heterocycles. The molecule has 0 aliphatic heterocycles. The summed E-state index contributed by atoms with van der Waals surface area (Å²) in [5.41, 5.74) is -4.08. The molecule has 17 heavy (non-hydrogen) atoms. The van der Waals surface area contributed by atoms with Gasteiger partial charge < -0.3 is 5.32 Å². The standard InChI is InChI=1S/C12H24F3NS/c1-4-6-16-9-11(8-10(2)3)5-7-17-12(13,14)15/h10-11,16H,4-9H2,1-3H3. The third kappa shape index (κ3) is 12.3. The molecule has 0 rings (SSSR count). The molecule has 1 unspecified atom stereocenters. The number of thioether (sulfide) groups is 1. The van der Waals surface area contributed by atoms with Gasteiger partial charge in [-0.15, -0.1) is 0 Å². The van der Waals surface area contributed by atoms with Gasteiger partial charge in [0.25, 0.3) is 0 Å². The topological polar surface area (TPSA) is 12.0 Å². The van der Waals surface area contributed by atoms with Crippen molar-refractivity contribution in [2.45, 2.75) is 45.5 Å². The Bertz CT molecular complexity index is 183. The van der Waals surface area contributed by atoms with E-state index in [0.717, 1.165) is 25.9 Å². The summed E-state index contributed by atoms with van der Waals surface area (Å²) in [6.45, 7) is 8.10. The first kappa shape index (κ1) is 17.1. The molecule has 104 valence electrons. The summed E-state index contributed by atoms with van der Waals surface area (Å²) in [6, 6.07) is 0. The van der Waals surface area contributed by atoms with Crippen LogP contribution < -0.4 is 5.32 Å². The lowest BCUT2D eigenvalue weighted by atomic mass is 9.95. The van der Waals surface area contributed by atoms with Crippen LogP contribution in [0, 0.1) is 11.8 Å². The molecule has 0 aromatic carbocycles. The minimum atomic E-state index is -4.08. The molecule has 1 nitrogen and oxygen atoms in total. The Morgan fingerprint density at radius 1 is 1.24 bits per heavy atom. The largest absolute Gasteiger partial charge is 0.441 e. The van der Waals surface area contributed by atoms with Gasteiger partial charge in [-0.3, -0.25) is 0 Å². The Kier molecular flexibility index (Phi) is 9.14. The second kappa shape index (κ2) is 9.09. The van der Waals surface area contributed by atoms with Crippen LogP contribution in [0.15, 0.2) is 0 Å². The second-order valence-corrected chi connectivity index (χ2v) is 5.94. The Balaban J connectivity index is 3.84. The minimum absolute atomic E-state index is 0.100. The average Bonchev–Trinajstić information content (AvgIpc) is 2.14. The summed E-state index contributed by atoms with van der Waals surface area (Å²) in [5.74, 6) is 1.07. The molecule has 0 radical (unpaired) electrons. The quantitative estimate of drug-likeness (QED) is 0.628. The maximum atomic E-state index is 12.0. The van der Waals surface area contributed by atoms with Gasteiger partial charge in [0.2, 0.25) is 0 Å². The fourth-order valence-corrected chi connectivity index (χ4v) is 2.48.